The molecule has 2 amide bonds. The summed E-state index contributed by atoms with van der Waals surface area (Å²) in [5.74, 6) is -0.929. The van der Waals surface area contributed by atoms with Crippen molar-refractivity contribution in [1.82, 2.24) is 5.32 Å². The van der Waals surface area contributed by atoms with Crippen LogP contribution in [0, 0.1) is 0 Å². The molecule has 0 bridgehead atoms. The van der Waals surface area contributed by atoms with E-state index in [0.29, 0.717) is 16.1 Å². The molecule has 0 saturated heterocycles. The lowest BCUT2D eigenvalue weighted by atomic mass is 10.1. The summed E-state index contributed by atoms with van der Waals surface area (Å²) in [6, 6.07) is 14.4. The molecule has 2 aromatic carbocycles. The maximum atomic E-state index is 12.4. The summed E-state index contributed by atoms with van der Waals surface area (Å²) in [5.41, 5.74) is 2.10. The Morgan fingerprint density at radius 3 is 2.52 bits per heavy atom. The van der Waals surface area contributed by atoms with Crippen molar-refractivity contribution in [3.63, 3.8) is 0 Å². The normalized spacial score (nSPS) is 10.5. The summed E-state index contributed by atoms with van der Waals surface area (Å²) in [4.78, 5) is 37.0. The average Bonchev–Trinajstić information content (AvgIpc) is 2.70. The van der Waals surface area contributed by atoms with Crippen LogP contribution in [0.1, 0.15) is 36.7 Å². The number of carbonyl (C=O) groups excluding carboxylic acids is 3. The Morgan fingerprint density at radius 2 is 1.79 bits per heavy atom. The third kappa shape index (κ3) is 7.62. The number of hydrogen-bond donors (Lipinski definition) is 2. The fourth-order valence-corrected chi connectivity index (χ4v) is 3.39. The molecule has 0 aliphatic rings. The molecule has 2 aromatic rings. The number of ether oxygens (including phenoxy) is 1. The van der Waals surface area contributed by atoms with Gasteiger partial charge >= 0.3 is 5.97 Å². The number of hydrogen-bond acceptors (Lipinski definition) is 5. The molecule has 6 nitrogen and oxygen atoms in total. The first-order valence-electron chi connectivity index (χ1n) is 9.46. The quantitative estimate of drug-likeness (QED) is 0.483. The van der Waals surface area contributed by atoms with E-state index >= 15 is 0 Å². The maximum absolute atomic E-state index is 12.4. The minimum absolute atomic E-state index is 0.0554. The van der Waals surface area contributed by atoms with E-state index in [1.54, 1.807) is 30.3 Å². The highest BCUT2D eigenvalue weighted by Crippen LogP contribution is 2.23. The van der Waals surface area contributed by atoms with Crippen molar-refractivity contribution >= 4 is 35.2 Å². The minimum atomic E-state index is -0.602. The van der Waals surface area contributed by atoms with Crippen molar-refractivity contribution in [2.24, 2.45) is 0 Å². The summed E-state index contributed by atoms with van der Waals surface area (Å²) < 4.78 is 5.17. The van der Waals surface area contributed by atoms with Gasteiger partial charge in [-0.15, -0.1) is 11.8 Å². The molecule has 2 N–H and O–H groups in total. The summed E-state index contributed by atoms with van der Waals surface area (Å²) in [5, 5.41) is 5.53. The number of nitrogens with one attached hydrogen (secondary N) is 2. The van der Waals surface area contributed by atoms with Gasteiger partial charge in [0.25, 0.3) is 5.91 Å². The summed E-state index contributed by atoms with van der Waals surface area (Å²) in [6.07, 6.45) is 0.863. The fraction of sp³-hybridized carbons (Fsp3) is 0.318. The Kier molecular flexibility index (Phi) is 8.73. The first-order valence-corrected chi connectivity index (χ1v) is 10.4. The number of carbonyl (C=O) groups is 3. The van der Waals surface area contributed by atoms with Gasteiger partial charge in [-0.3, -0.25) is 9.59 Å². The highest BCUT2D eigenvalue weighted by Gasteiger charge is 2.16. The average molecular weight is 415 g/mol. The van der Waals surface area contributed by atoms with Gasteiger partial charge in [-0.25, -0.2) is 4.79 Å². The highest BCUT2D eigenvalue weighted by atomic mass is 32.2. The lowest BCUT2D eigenvalue weighted by molar-refractivity contribution is -0.119. The van der Waals surface area contributed by atoms with Crippen molar-refractivity contribution in [1.29, 1.82) is 0 Å². The number of benzene rings is 2. The van der Waals surface area contributed by atoms with Crippen LogP contribution in [-0.4, -0.2) is 36.2 Å². The van der Waals surface area contributed by atoms with Crippen LogP contribution in [0.3, 0.4) is 0 Å². The molecule has 154 valence electrons. The van der Waals surface area contributed by atoms with Gasteiger partial charge in [0, 0.05) is 16.6 Å². The Morgan fingerprint density at radius 1 is 1.03 bits per heavy atom. The second-order valence-corrected chi connectivity index (χ2v) is 7.70. The zero-order valence-corrected chi connectivity index (χ0v) is 17.7. The molecule has 0 atom stereocenters. The fourth-order valence-electron chi connectivity index (χ4n) is 2.54. The lowest BCUT2D eigenvalue weighted by Crippen LogP contribution is -2.31. The van der Waals surface area contributed by atoms with Crippen LogP contribution in [0.15, 0.2) is 53.4 Å². The van der Waals surface area contributed by atoms with Gasteiger partial charge in [0.15, 0.2) is 6.61 Å². The van der Waals surface area contributed by atoms with Crippen LogP contribution in [0.2, 0.25) is 0 Å². The predicted molar refractivity (Wildman–Crippen MR) is 115 cm³/mol. The molecule has 0 fully saturated rings. The van der Waals surface area contributed by atoms with Gasteiger partial charge in [0.1, 0.15) is 0 Å². The van der Waals surface area contributed by atoms with E-state index in [1.807, 2.05) is 39.0 Å². The monoisotopic (exact) mass is 414 g/mol. The predicted octanol–water partition coefficient (Wildman–Crippen LogP) is 3.66. The third-order valence-electron chi connectivity index (χ3n) is 3.87. The summed E-state index contributed by atoms with van der Waals surface area (Å²) in [6.45, 7) is 5.42. The molecular formula is C22H26N2O4S. The van der Waals surface area contributed by atoms with E-state index in [2.05, 4.69) is 10.6 Å². The molecule has 0 aliphatic carbocycles. The number of rotatable bonds is 9. The molecule has 29 heavy (non-hydrogen) atoms. The van der Waals surface area contributed by atoms with E-state index in [-0.39, 0.29) is 24.3 Å². The van der Waals surface area contributed by atoms with Gasteiger partial charge in [0.05, 0.1) is 11.3 Å². The number of thioether (sulfide) groups is 1. The molecular weight excluding hydrogens is 388 g/mol. The number of amides is 2. The zero-order chi connectivity index (χ0) is 21.2. The van der Waals surface area contributed by atoms with Crippen molar-refractivity contribution < 1.29 is 19.1 Å². The molecule has 0 aliphatic heterocycles. The Balaban J connectivity index is 1.91. The highest BCUT2D eigenvalue weighted by molar-refractivity contribution is 8.00. The first kappa shape index (κ1) is 22.5. The van der Waals surface area contributed by atoms with Crippen molar-refractivity contribution in [2.45, 2.75) is 38.1 Å². The number of anilines is 1. The van der Waals surface area contributed by atoms with Crippen LogP contribution in [-0.2, 0) is 20.7 Å². The van der Waals surface area contributed by atoms with E-state index < -0.39 is 11.9 Å². The molecule has 0 saturated carbocycles. The first-order chi connectivity index (χ1) is 13.9. The van der Waals surface area contributed by atoms with Crippen molar-refractivity contribution in [3.05, 3.63) is 59.7 Å². The van der Waals surface area contributed by atoms with E-state index in [1.165, 1.54) is 11.8 Å². The van der Waals surface area contributed by atoms with Gasteiger partial charge < -0.3 is 15.4 Å². The van der Waals surface area contributed by atoms with Gasteiger partial charge in [-0.05, 0) is 50.1 Å². The van der Waals surface area contributed by atoms with E-state index in [9.17, 15) is 14.4 Å². The van der Waals surface area contributed by atoms with Gasteiger partial charge in [0.2, 0.25) is 5.91 Å². The number of esters is 1. The van der Waals surface area contributed by atoms with Crippen LogP contribution in [0.25, 0.3) is 0 Å². The van der Waals surface area contributed by atoms with Gasteiger partial charge in [-0.2, -0.15) is 0 Å². The van der Waals surface area contributed by atoms with Crippen molar-refractivity contribution in [3.8, 4) is 0 Å². The SMILES string of the molecule is CCc1cccc(NC(=O)COC(=O)c2ccccc2SCC(=O)NC(C)C)c1. The molecule has 0 spiro atoms. The van der Waals surface area contributed by atoms with E-state index in [4.69, 9.17) is 4.74 Å². The van der Waals surface area contributed by atoms with Crippen LogP contribution < -0.4 is 10.6 Å². The number of aryl methyl sites for hydroxylation is 1. The Bertz CT molecular complexity index is 867. The Labute approximate surface area is 175 Å². The van der Waals surface area contributed by atoms with Crippen LogP contribution in [0.4, 0.5) is 5.69 Å². The molecule has 7 heteroatoms. The van der Waals surface area contributed by atoms with E-state index in [0.717, 1.165) is 12.0 Å². The molecule has 0 radical (unpaired) electrons. The van der Waals surface area contributed by atoms with Gasteiger partial charge in [-0.1, -0.05) is 31.2 Å². The Hall–Kier alpha value is -2.80. The molecule has 0 unspecified atom stereocenters. The minimum Gasteiger partial charge on any atom is -0.452 e. The molecule has 2 rings (SSSR count). The smallest absolute Gasteiger partial charge is 0.339 e. The zero-order valence-electron chi connectivity index (χ0n) is 16.9. The maximum Gasteiger partial charge on any atom is 0.339 e. The molecule has 0 heterocycles. The van der Waals surface area contributed by atoms with Crippen LogP contribution in [0.5, 0.6) is 0 Å². The third-order valence-corrected chi connectivity index (χ3v) is 4.94. The largest absolute Gasteiger partial charge is 0.452 e. The summed E-state index contributed by atoms with van der Waals surface area (Å²) in [7, 11) is 0. The standard InChI is InChI=1S/C22H26N2O4S/c1-4-16-8-7-9-17(12-16)24-20(25)13-28-22(27)18-10-5-6-11-19(18)29-14-21(26)23-15(2)3/h5-12,15H,4,13-14H2,1-3H3,(H,23,26)(H,24,25). The summed E-state index contributed by atoms with van der Waals surface area (Å²) >= 11 is 1.25. The molecule has 0 aromatic heterocycles. The second kappa shape index (κ2) is 11.3. The second-order valence-electron chi connectivity index (χ2n) is 6.69. The topological polar surface area (TPSA) is 84.5 Å². The van der Waals surface area contributed by atoms with Crippen molar-refractivity contribution in [2.75, 3.05) is 17.7 Å². The lowest BCUT2D eigenvalue weighted by Gasteiger charge is -2.11. The van der Waals surface area contributed by atoms with Crippen LogP contribution >= 0.6 is 11.8 Å².